The summed E-state index contributed by atoms with van der Waals surface area (Å²) in [6, 6.07) is 27.4. The van der Waals surface area contributed by atoms with Crippen LogP contribution in [0.4, 0.5) is 5.69 Å². The van der Waals surface area contributed by atoms with Gasteiger partial charge in [-0.15, -0.1) is 0 Å². The number of benzene rings is 3. The summed E-state index contributed by atoms with van der Waals surface area (Å²) in [5, 5.41) is 4.04. The number of nitrogens with zero attached hydrogens (tertiary/aromatic N) is 3. The van der Waals surface area contributed by atoms with Gasteiger partial charge in [-0.3, -0.25) is 14.7 Å². The lowest BCUT2D eigenvalue weighted by atomic mass is 10.1. The second-order valence-electron chi connectivity index (χ2n) is 8.97. The Morgan fingerprint density at radius 1 is 0.943 bits per heavy atom. The molecule has 6 heteroatoms. The van der Waals surface area contributed by atoms with Crippen molar-refractivity contribution in [1.82, 2.24) is 15.2 Å². The molecular weight excluding hydrogens is 436 g/mol. The third kappa shape index (κ3) is 5.78. The van der Waals surface area contributed by atoms with Crippen LogP contribution < -0.4 is 15.0 Å². The number of carbonyl (C=O) groups excluding carboxylic acids is 1. The summed E-state index contributed by atoms with van der Waals surface area (Å²) in [5.74, 6) is 0.950. The Bertz CT molecular complexity index is 1320. The van der Waals surface area contributed by atoms with Crippen LogP contribution in [0.5, 0.6) is 5.75 Å². The van der Waals surface area contributed by atoms with Crippen LogP contribution in [0, 0.1) is 0 Å². The lowest BCUT2D eigenvalue weighted by Gasteiger charge is -2.28. The van der Waals surface area contributed by atoms with Gasteiger partial charge in [-0.05, 0) is 53.1 Å². The van der Waals surface area contributed by atoms with E-state index >= 15 is 0 Å². The fourth-order valence-corrected chi connectivity index (χ4v) is 4.60. The molecule has 1 N–H and O–H groups in total. The highest BCUT2D eigenvalue weighted by atomic mass is 16.5. The summed E-state index contributed by atoms with van der Waals surface area (Å²) < 4.78 is 5.46. The van der Waals surface area contributed by atoms with Crippen molar-refractivity contribution in [2.75, 3.05) is 31.6 Å². The maximum atomic E-state index is 11.8. The molecule has 0 spiro atoms. The quantitative estimate of drug-likeness (QED) is 0.418. The molecule has 1 amide bonds. The first kappa shape index (κ1) is 22.9. The number of anilines is 1. The molecule has 1 fully saturated rings. The first-order valence-corrected chi connectivity index (χ1v) is 12.0. The zero-order valence-electron chi connectivity index (χ0n) is 20.0. The Morgan fingerprint density at radius 2 is 1.77 bits per heavy atom. The number of amides is 1. The fourth-order valence-electron chi connectivity index (χ4n) is 4.60. The monoisotopic (exact) mass is 466 g/mol. The van der Waals surface area contributed by atoms with Crippen molar-refractivity contribution in [3.05, 3.63) is 102 Å². The Morgan fingerprint density at radius 3 is 2.63 bits per heavy atom. The number of methoxy groups -OCH3 is 1. The minimum absolute atomic E-state index is 0.0944. The normalized spacial score (nSPS) is 14.0. The smallest absolute Gasteiger partial charge is 0.234 e. The summed E-state index contributed by atoms with van der Waals surface area (Å²) in [5.41, 5.74) is 5.74. The van der Waals surface area contributed by atoms with E-state index in [0.29, 0.717) is 13.1 Å². The number of carbonyl (C=O) groups is 1. The number of hydrogen-bond donors (Lipinski definition) is 1. The molecule has 0 aliphatic carbocycles. The number of nitrogens with one attached hydrogen (secondary N) is 1. The summed E-state index contributed by atoms with van der Waals surface area (Å²) in [7, 11) is 1.70. The zero-order valence-corrected chi connectivity index (χ0v) is 20.0. The summed E-state index contributed by atoms with van der Waals surface area (Å²) in [6.45, 7) is 4.27. The average Bonchev–Trinajstić information content (AvgIpc) is 2.88. The molecule has 1 aliphatic heterocycles. The standard InChI is InChI=1S/C29H30N4O2/c1-35-27-9-3-6-23(16-27)19-33(20-24-10-11-25-7-4-12-30-28(25)17-24)26-8-2-5-22(15-26)18-32-14-13-31-29(34)21-32/h2-12,15-17H,13-14,18-21H2,1H3,(H,31,34). The lowest BCUT2D eigenvalue weighted by Crippen LogP contribution is -2.47. The molecule has 1 saturated heterocycles. The molecule has 0 saturated carbocycles. The molecule has 3 aromatic carbocycles. The van der Waals surface area contributed by atoms with Crippen molar-refractivity contribution in [3.8, 4) is 5.75 Å². The van der Waals surface area contributed by atoms with E-state index in [1.165, 1.54) is 16.7 Å². The number of hydrogen-bond acceptors (Lipinski definition) is 5. The van der Waals surface area contributed by atoms with E-state index < -0.39 is 0 Å². The van der Waals surface area contributed by atoms with Gasteiger partial charge in [-0.25, -0.2) is 0 Å². The molecular formula is C29H30N4O2. The van der Waals surface area contributed by atoms with Gasteiger partial charge in [-0.1, -0.05) is 42.5 Å². The first-order valence-electron chi connectivity index (χ1n) is 12.0. The van der Waals surface area contributed by atoms with Gasteiger partial charge in [0, 0.05) is 50.0 Å². The van der Waals surface area contributed by atoms with Crippen LogP contribution in [0.2, 0.25) is 0 Å². The third-order valence-electron chi connectivity index (χ3n) is 6.35. The van der Waals surface area contributed by atoms with E-state index in [-0.39, 0.29) is 5.91 Å². The maximum Gasteiger partial charge on any atom is 0.234 e. The molecule has 2 heterocycles. The van der Waals surface area contributed by atoms with Gasteiger partial charge in [0.25, 0.3) is 0 Å². The highest BCUT2D eigenvalue weighted by Gasteiger charge is 2.17. The Balaban J connectivity index is 1.43. The Kier molecular flexibility index (Phi) is 6.91. The van der Waals surface area contributed by atoms with Crippen molar-refractivity contribution in [1.29, 1.82) is 0 Å². The molecule has 5 rings (SSSR count). The van der Waals surface area contributed by atoms with Crippen LogP contribution in [-0.4, -0.2) is 42.5 Å². The average molecular weight is 467 g/mol. The summed E-state index contributed by atoms with van der Waals surface area (Å²) in [4.78, 5) is 20.9. The predicted molar refractivity (Wildman–Crippen MR) is 139 cm³/mol. The number of fused-ring (bicyclic) bond motifs is 1. The number of pyridine rings is 1. The van der Waals surface area contributed by atoms with E-state index in [0.717, 1.165) is 48.5 Å². The lowest BCUT2D eigenvalue weighted by molar-refractivity contribution is -0.124. The minimum atomic E-state index is 0.0944. The Hall–Kier alpha value is -3.90. The molecule has 0 unspecified atom stereocenters. The van der Waals surface area contributed by atoms with Gasteiger partial charge in [0.05, 0.1) is 19.2 Å². The first-order chi connectivity index (χ1) is 17.2. The van der Waals surface area contributed by atoms with E-state index in [1.807, 2.05) is 24.4 Å². The molecule has 1 aliphatic rings. The third-order valence-corrected chi connectivity index (χ3v) is 6.35. The molecule has 4 aromatic rings. The molecule has 0 bridgehead atoms. The van der Waals surface area contributed by atoms with Crippen LogP contribution in [0.3, 0.4) is 0 Å². The van der Waals surface area contributed by atoms with Crippen LogP contribution >= 0.6 is 0 Å². The summed E-state index contributed by atoms with van der Waals surface area (Å²) >= 11 is 0. The molecule has 0 atom stereocenters. The number of aromatic nitrogens is 1. The highest BCUT2D eigenvalue weighted by Crippen LogP contribution is 2.25. The van der Waals surface area contributed by atoms with E-state index in [1.54, 1.807) is 7.11 Å². The highest BCUT2D eigenvalue weighted by molar-refractivity contribution is 5.79. The number of rotatable bonds is 8. The van der Waals surface area contributed by atoms with E-state index in [9.17, 15) is 4.79 Å². The number of ether oxygens (including phenoxy) is 1. The second kappa shape index (κ2) is 10.6. The van der Waals surface area contributed by atoms with Gasteiger partial charge >= 0.3 is 0 Å². The van der Waals surface area contributed by atoms with Gasteiger partial charge in [0.15, 0.2) is 0 Å². The molecule has 178 valence electrons. The van der Waals surface area contributed by atoms with Crippen molar-refractivity contribution in [2.45, 2.75) is 19.6 Å². The van der Waals surface area contributed by atoms with Crippen LogP contribution in [0.1, 0.15) is 16.7 Å². The Labute approximate surface area is 206 Å². The largest absolute Gasteiger partial charge is 0.497 e. The van der Waals surface area contributed by atoms with Gasteiger partial charge in [0.2, 0.25) is 5.91 Å². The van der Waals surface area contributed by atoms with Crippen molar-refractivity contribution >= 4 is 22.5 Å². The van der Waals surface area contributed by atoms with Crippen LogP contribution in [0.15, 0.2) is 85.1 Å². The fraction of sp³-hybridized carbons (Fsp3) is 0.241. The van der Waals surface area contributed by atoms with Crippen LogP contribution in [0.25, 0.3) is 10.9 Å². The van der Waals surface area contributed by atoms with Crippen LogP contribution in [-0.2, 0) is 24.4 Å². The second-order valence-corrected chi connectivity index (χ2v) is 8.97. The van der Waals surface area contributed by atoms with E-state index in [2.05, 4.69) is 80.8 Å². The summed E-state index contributed by atoms with van der Waals surface area (Å²) in [6.07, 6.45) is 1.84. The topological polar surface area (TPSA) is 57.7 Å². The van der Waals surface area contributed by atoms with Gasteiger partial charge in [0.1, 0.15) is 5.75 Å². The minimum Gasteiger partial charge on any atom is -0.497 e. The van der Waals surface area contributed by atoms with Crippen molar-refractivity contribution in [3.63, 3.8) is 0 Å². The molecule has 35 heavy (non-hydrogen) atoms. The van der Waals surface area contributed by atoms with Crippen molar-refractivity contribution in [2.24, 2.45) is 0 Å². The van der Waals surface area contributed by atoms with Gasteiger partial charge in [-0.2, -0.15) is 0 Å². The molecule has 0 radical (unpaired) electrons. The number of piperazine rings is 1. The zero-order chi connectivity index (χ0) is 24.0. The van der Waals surface area contributed by atoms with Crippen molar-refractivity contribution < 1.29 is 9.53 Å². The SMILES string of the molecule is COc1cccc(CN(Cc2ccc3cccnc3c2)c2cccc(CN3CCNC(=O)C3)c2)c1. The van der Waals surface area contributed by atoms with Gasteiger partial charge < -0.3 is 15.0 Å². The maximum absolute atomic E-state index is 11.8. The molecule has 6 nitrogen and oxygen atoms in total. The molecule has 1 aromatic heterocycles. The van der Waals surface area contributed by atoms with E-state index in [4.69, 9.17) is 4.74 Å². The predicted octanol–water partition coefficient (Wildman–Crippen LogP) is 4.38.